The highest BCUT2D eigenvalue weighted by molar-refractivity contribution is 5.80. The smallest absolute Gasteiger partial charge is 0.191 e. The summed E-state index contributed by atoms with van der Waals surface area (Å²) in [7, 11) is 1.63. The standard InChI is InChI=1S/C25H34N4O2/c1-3-26-25(27-16-19-13-23(31-2)11-12-24(19)30)28-20-14-21-9-10-22(15-20)29(21)17-18-7-5-4-6-8-18/h4-8,11-13,20-22,30H,3,9-10,14-17H2,1-2H3,(H2,26,27,28). The number of aromatic hydroxyl groups is 1. The molecule has 2 atom stereocenters. The average Bonchev–Trinajstić information content (AvgIpc) is 3.01. The Bertz CT molecular complexity index is 872. The van der Waals surface area contributed by atoms with E-state index in [4.69, 9.17) is 9.73 Å². The molecule has 2 aromatic rings. The lowest BCUT2D eigenvalue weighted by molar-refractivity contribution is 0.114. The second-order valence-corrected chi connectivity index (χ2v) is 8.55. The Kier molecular flexibility index (Phi) is 6.97. The van der Waals surface area contributed by atoms with Gasteiger partial charge in [0.2, 0.25) is 0 Å². The Labute approximate surface area is 185 Å². The van der Waals surface area contributed by atoms with Crippen LogP contribution in [0.15, 0.2) is 53.5 Å². The van der Waals surface area contributed by atoms with E-state index in [1.807, 2.05) is 6.07 Å². The van der Waals surface area contributed by atoms with E-state index in [-0.39, 0.29) is 5.75 Å². The van der Waals surface area contributed by atoms with E-state index in [0.717, 1.165) is 43.2 Å². The molecule has 6 nitrogen and oxygen atoms in total. The number of hydrogen-bond donors (Lipinski definition) is 3. The van der Waals surface area contributed by atoms with Crippen LogP contribution in [0.1, 0.15) is 43.7 Å². The molecule has 2 aliphatic heterocycles. The molecule has 2 aliphatic rings. The van der Waals surface area contributed by atoms with Gasteiger partial charge in [0.1, 0.15) is 11.5 Å². The van der Waals surface area contributed by atoms with Crippen LogP contribution < -0.4 is 15.4 Å². The third kappa shape index (κ3) is 5.31. The lowest BCUT2D eigenvalue weighted by Crippen LogP contribution is -2.52. The van der Waals surface area contributed by atoms with Gasteiger partial charge in [0.25, 0.3) is 0 Å². The number of nitrogens with zero attached hydrogens (tertiary/aromatic N) is 2. The van der Waals surface area contributed by atoms with Crippen molar-refractivity contribution in [2.75, 3.05) is 13.7 Å². The van der Waals surface area contributed by atoms with Crippen LogP contribution >= 0.6 is 0 Å². The van der Waals surface area contributed by atoms with E-state index in [0.29, 0.717) is 24.7 Å². The number of fused-ring (bicyclic) bond motifs is 2. The first-order valence-electron chi connectivity index (χ1n) is 11.4. The van der Waals surface area contributed by atoms with Crippen molar-refractivity contribution in [2.24, 2.45) is 4.99 Å². The Morgan fingerprint density at radius 2 is 1.87 bits per heavy atom. The number of piperidine rings is 1. The van der Waals surface area contributed by atoms with Crippen LogP contribution in [0.25, 0.3) is 0 Å². The maximum absolute atomic E-state index is 10.2. The summed E-state index contributed by atoms with van der Waals surface area (Å²) < 4.78 is 5.27. The minimum absolute atomic E-state index is 0.243. The van der Waals surface area contributed by atoms with Crippen LogP contribution in [-0.2, 0) is 13.1 Å². The third-order valence-electron chi connectivity index (χ3n) is 6.47. The monoisotopic (exact) mass is 422 g/mol. The number of nitrogens with one attached hydrogen (secondary N) is 2. The van der Waals surface area contributed by atoms with Crippen LogP contribution in [0.5, 0.6) is 11.5 Å². The molecule has 2 heterocycles. The fourth-order valence-corrected chi connectivity index (χ4v) is 4.94. The van der Waals surface area contributed by atoms with Crippen LogP contribution in [0.4, 0.5) is 0 Å². The van der Waals surface area contributed by atoms with Crippen molar-refractivity contribution >= 4 is 5.96 Å². The van der Waals surface area contributed by atoms with Crippen LogP contribution in [0.2, 0.25) is 0 Å². The van der Waals surface area contributed by atoms with E-state index in [1.165, 1.54) is 18.4 Å². The van der Waals surface area contributed by atoms with E-state index in [9.17, 15) is 5.11 Å². The number of aliphatic imine (C=N–C) groups is 1. The highest BCUT2D eigenvalue weighted by Crippen LogP contribution is 2.36. The average molecular weight is 423 g/mol. The summed E-state index contributed by atoms with van der Waals surface area (Å²) in [5.41, 5.74) is 2.16. The number of hydrogen-bond acceptors (Lipinski definition) is 4. The van der Waals surface area contributed by atoms with Gasteiger partial charge in [-0.3, -0.25) is 4.90 Å². The fourth-order valence-electron chi connectivity index (χ4n) is 4.94. The minimum Gasteiger partial charge on any atom is -0.508 e. The predicted molar refractivity (Wildman–Crippen MR) is 124 cm³/mol. The van der Waals surface area contributed by atoms with Crippen molar-refractivity contribution in [3.05, 3.63) is 59.7 Å². The number of benzene rings is 2. The first kappa shape index (κ1) is 21.5. The summed E-state index contributed by atoms with van der Waals surface area (Å²) in [6.07, 6.45) is 4.83. The number of rotatable bonds is 7. The Morgan fingerprint density at radius 1 is 1.13 bits per heavy atom. The van der Waals surface area contributed by atoms with Gasteiger partial charge in [-0.2, -0.15) is 0 Å². The number of guanidine groups is 1. The molecular formula is C25H34N4O2. The zero-order valence-electron chi connectivity index (χ0n) is 18.6. The molecule has 0 radical (unpaired) electrons. The van der Waals surface area contributed by atoms with E-state index < -0.39 is 0 Å². The van der Waals surface area contributed by atoms with Crippen molar-refractivity contribution < 1.29 is 9.84 Å². The molecule has 0 spiro atoms. The molecule has 2 fully saturated rings. The lowest BCUT2D eigenvalue weighted by Gasteiger charge is -2.39. The first-order valence-corrected chi connectivity index (χ1v) is 11.4. The molecule has 2 bridgehead atoms. The van der Waals surface area contributed by atoms with Crippen molar-refractivity contribution in [1.82, 2.24) is 15.5 Å². The van der Waals surface area contributed by atoms with Crippen LogP contribution in [-0.4, -0.2) is 47.7 Å². The summed E-state index contributed by atoms with van der Waals surface area (Å²) in [6, 6.07) is 17.7. The largest absolute Gasteiger partial charge is 0.508 e. The molecule has 0 saturated carbocycles. The number of phenolic OH excluding ortho intramolecular Hbond substituents is 1. The van der Waals surface area contributed by atoms with Gasteiger partial charge in [0.05, 0.1) is 13.7 Å². The Hall–Kier alpha value is -2.73. The van der Waals surface area contributed by atoms with Crippen LogP contribution in [0.3, 0.4) is 0 Å². The van der Waals surface area contributed by atoms with Crippen molar-refractivity contribution in [2.45, 2.75) is 63.8 Å². The summed E-state index contributed by atoms with van der Waals surface area (Å²) in [5, 5.41) is 17.2. The molecule has 0 aliphatic carbocycles. The predicted octanol–water partition coefficient (Wildman–Crippen LogP) is 3.65. The molecule has 2 saturated heterocycles. The van der Waals surface area contributed by atoms with Gasteiger partial charge in [0.15, 0.2) is 5.96 Å². The summed E-state index contributed by atoms with van der Waals surface area (Å²) in [6.45, 7) is 4.33. The quantitative estimate of drug-likeness (QED) is 0.469. The molecule has 0 amide bonds. The van der Waals surface area contributed by atoms with Gasteiger partial charge in [-0.15, -0.1) is 0 Å². The van der Waals surface area contributed by atoms with Crippen molar-refractivity contribution in [3.63, 3.8) is 0 Å². The van der Waals surface area contributed by atoms with Crippen molar-refractivity contribution in [3.8, 4) is 11.5 Å². The molecule has 6 heteroatoms. The maximum atomic E-state index is 10.2. The fraction of sp³-hybridized carbons (Fsp3) is 0.480. The van der Waals surface area contributed by atoms with Gasteiger partial charge < -0.3 is 20.5 Å². The SMILES string of the molecule is CCNC(=NCc1cc(OC)ccc1O)NC1CC2CCC(C1)N2Cc1ccccc1. The molecule has 166 valence electrons. The third-order valence-corrected chi connectivity index (χ3v) is 6.47. The van der Waals surface area contributed by atoms with Gasteiger partial charge in [-0.25, -0.2) is 4.99 Å². The lowest BCUT2D eigenvalue weighted by atomic mass is 9.96. The summed E-state index contributed by atoms with van der Waals surface area (Å²) >= 11 is 0. The Morgan fingerprint density at radius 3 is 2.55 bits per heavy atom. The van der Waals surface area contributed by atoms with Gasteiger partial charge in [-0.1, -0.05) is 30.3 Å². The molecule has 3 N–H and O–H groups in total. The number of methoxy groups -OCH3 is 1. The second-order valence-electron chi connectivity index (χ2n) is 8.55. The summed E-state index contributed by atoms with van der Waals surface area (Å²) in [4.78, 5) is 7.44. The van der Waals surface area contributed by atoms with Gasteiger partial charge in [-0.05, 0) is 56.4 Å². The van der Waals surface area contributed by atoms with E-state index in [2.05, 4.69) is 52.8 Å². The first-order chi connectivity index (χ1) is 15.2. The highest BCUT2D eigenvalue weighted by atomic mass is 16.5. The highest BCUT2D eigenvalue weighted by Gasteiger charge is 2.40. The molecular weight excluding hydrogens is 388 g/mol. The second kappa shape index (κ2) is 10.1. The molecule has 31 heavy (non-hydrogen) atoms. The maximum Gasteiger partial charge on any atom is 0.191 e. The van der Waals surface area contributed by atoms with Gasteiger partial charge >= 0.3 is 0 Å². The van der Waals surface area contributed by atoms with E-state index >= 15 is 0 Å². The zero-order chi connectivity index (χ0) is 21.6. The summed E-state index contributed by atoms with van der Waals surface area (Å²) in [5.74, 6) is 1.78. The normalized spacial score (nSPS) is 23.5. The molecule has 2 unspecified atom stereocenters. The van der Waals surface area contributed by atoms with Crippen molar-refractivity contribution in [1.29, 1.82) is 0 Å². The number of ether oxygens (including phenoxy) is 1. The van der Waals surface area contributed by atoms with Gasteiger partial charge in [0, 0.05) is 36.8 Å². The van der Waals surface area contributed by atoms with E-state index in [1.54, 1.807) is 19.2 Å². The Balaban J connectivity index is 1.39. The molecule has 4 rings (SSSR count). The molecule has 0 aromatic heterocycles. The minimum atomic E-state index is 0.243. The molecule has 2 aromatic carbocycles. The number of phenols is 1. The van der Waals surface area contributed by atoms with Crippen LogP contribution in [0, 0.1) is 0 Å². The zero-order valence-corrected chi connectivity index (χ0v) is 18.6. The topological polar surface area (TPSA) is 69.1 Å².